The van der Waals surface area contributed by atoms with E-state index in [1.165, 1.54) is 0 Å². The van der Waals surface area contributed by atoms with Crippen LogP contribution in [-0.4, -0.2) is 22.1 Å². The number of fused-ring (bicyclic) bond motifs is 3. The van der Waals surface area contributed by atoms with E-state index in [4.69, 9.17) is 7.48 Å². The molecule has 0 saturated carbocycles. The van der Waals surface area contributed by atoms with Crippen LogP contribution in [0.5, 0.6) is 0 Å². The summed E-state index contributed by atoms with van der Waals surface area (Å²) in [4.78, 5) is 0. The van der Waals surface area contributed by atoms with Crippen LogP contribution in [0.25, 0.3) is 0 Å². The van der Waals surface area contributed by atoms with Crippen LogP contribution in [0.1, 0.15) is 55.4 Å². The Labute approximate surface area is 125 Å². The average molecular weight is 274 g/mol. The van der Waals surface area contributed by atoms with Crippen LogP contribution in [0.3, 0.4) is 0 Å². The summed E-state index contributed by atoms with van der Waals surface area (Å²) in [6.45, 7) is 12.6. The van der Waals surface area contributed by atoms with Gasteiger partial charge in [0.15, 0.2) is 11.6 Å². The first-order valence-corrected chi connectivity index (χ1v) is 7.54. The highest BCUT2D eigenvalue weighted by molar-refractivity contribution is 5.76. The van der Waals surface area contributed by atoms with Crippen LogP contribution >= 0.6 is 0 Å². The highest BCUT2D eigenvalue weighted by atomic mass is 16.5. The average Bonchev–Trinajstić information content (AvgIpc) is 2.76. The molecule has 1 aromatic carbocycles. The molecule has 1 aromatic rings. The Balaban J connectivity index is 2.37. The molecule has 0 N–H and O–H groups in total. The van der Waals surface area contributed by atoms with Gasteiger partial charge in [0.2, 0.25) is 5.54 Å². The standard InChI is InChI=1S/C18H26NO/c1-12(2)16-19(13(3)4)18(6)15-10-8-7-9-14(15)11-17(18,5)20-16/h7-10,12-13H,11H2,1-6H3/q+1/t17-,18+/m0/s1/i11D2. The highest BCUT2D eigenvalue weighted by Gasteiger charge is 2.68. The van der Waals surface area contributed by atoms with Gasteiger partial charge in [-0.2, -0.15) is 4.58 Å². The van der Waals surface area contributed by atoms with Gasteiger partial charge in [0, 0.05) is 21.6 Å². The Morgan fingerprint density at radius 1 is 1.20 bits per heavy atom. The lowest BCUT2D eigenvalue weighted by molar-refractivity contribution is -0.639. The lowest BCUT2D eigenvalue weighted by Crippen LogP contribution is -2.49. The molecule has 0 spiro atoms. The minimum atomic E-state index is -1.53. The molecule has 1 aliphatic carbocycles. The monoisotopic (exact) mass is 274 g/mol. The van der Waals surface area contributed by atoms with Gasteiger partial charge in [-0.05, 0) is 40.2 Å². The third-order valence-electron chi connectivity index (χ3n) is 4.79. The van der Waals surface area contributed by atoms with Gasteiger partial charge < -0.3 is 4.74 Å². The van der Waals surface area contributed by atoms with E-state index in [1.54, 1.807) is 0 Å². The second kappa shape index (κ2) is 4.09. The van der Waals surface area contributed by atoms with Crippen molar-refractivity contribution in [1.82, 2.24) is 0 Å². The first-order valence-electron chi connectivity index (χ1n) is 8.54. The Morgan fingerprint density at radius 3 is 2.45 bits per heavy atom. The zero-order chi connectivity index (χ0) is 16.5. The van der Waals surface area contributed by atoms with E-state index in [-0.39, 0.29) is 12.0 Å². The molecule has 2 atom stereocenters. The van der Waals surface area contributed by atoms with Crippen LogP contribution in [-0.2, 0) is 16.6 Å². The molecule has 0 unspecified atom stereocenters. The Hall–Kier alpha value is -1.31. The van der Waals surface area contributed by atoms with E-state index < -0.39 is 17.5 Å². The van der Waals surface area contributed by atoms with Crippen molar-refractivity contribution in [2.45, 2.75) is 65.1 Å². The summed E-state index contributed by atoms with van der Waals surface area (Å²) in [6, 6.07) is 8.11. The van der Waals surface area contributed by atoms with E-state index in [0.29, 0.717) is 0 Å². The fourth-order valence-corrected chi connectivity index (χ4v) is 3.78. The van der Waals surface area contributed by atoms with Crippen LogP contribution in [0.2, 0.25) is 0 Å². The number of hydrogen-bond acceptors (Lipinski definition) is 1. The summed E-state index contributed by atoms with van der Waals surface area (Å²) in [5, 5.41) is 0. The Morgan fingerprint density at radius 2 is 1.85 bits per heavy atom. The SMILES string of the molecule is [2H]C1([2H])c2ccccc2[C@@]2(C)[N+](C(C)C)=C(C(C)C)O[C@@]12C. The first-order chi connectivity index (χ1) is 10.1. The van der Waals surface area contributed by atoms with Gasteiger partial charge in [-0.1, -0.05) is 24.3 Å². The molecule has 1 aliphatic heterocycles. The summed E-state index contributed by atoms with van der Waals surface area (Å²) < 4.78 is 26.2. The minimum Gasteiger partial charge on any atom is -0.433 e. The lowest BCUT2D eigenvalue weighted by Gasteiger charge is -2.30. The molecule has 2 aliphatic rings. The molecule has 0 radical (unpaired) electrons. The lowest BCUT2D eigenvalue weighted by atomic mass is 9.82. The maximum absolute atomic E-state index is 8.78. The van der Waals surface area contributed by atoms with Crippen LogP contribution in [0.4, 0.5) is 0 Å². The molecule has 3 rings (SSSR count). The fraction of sp³-hybridized carbons (Fsp3) is 0.611. The van der Waals surface area contributed by atoms with Crippen molar-refractivity contribution in [2.24, 2.45) is 5.92 Å². The van der Waals surface area contributed by atoms with Gasteiger partial charge >= 0.3 is 5.90 Å². The summed E-state index contributed by atoms with van der Waals surface area (Å²) in [7, 11) is 0. The fourth-order valence-electron chi connectivity index (χ4n) is 3.78. The quantitative estimate of drug-likeness (QED) is 0.749. The van der Waals surface area contributed by atoms with Crippen LogP contribution in [0.15, 0.2) is 24.3 Å². The van der Waals surface area contributed by atoms with E-state index in [2.05, 4.69) is 45.3 Å². The van der Waals surface area contributed by atoms with Crippen molar-refractivity contribution in [3.05, 3.63) is 35.4 Å². The molecule has 0 saturated heterocycles. The van der Waals surface area contributed by atoms with Crippen molar-refractivity contribution in [3.63, 3.8) is 0 Å². The van der Waals surface area contributed by atoms with Gasteiger partial charge in [0.25, 0.3) is 0 Å². The molecular weight excluding hydrogens is 246 g/mol. The smallest absolute Gasteiger partial charge is 0.340 e. The van der Waals surface area contributed by atoms with E-state index in [9.17, 15) is 0 Å². The van der Waals surface area contributed by atoms with Gasteiger partial charge in [-0.15, -0.1) is 0 Å². The van der Waals surface area contributed by atoms with Gasteiger partial charge in [0.1, 0.15) is 0 Å². The van der Waals surface area contributed by atoms with Crippen LogP contribution < -0.4 is 0 Å². The topological polar surface area (TPSA) is 12.2 Å². The Kier molecular flexibility index (Phi) is 2.33. The van der Waals surface area contributed by atoms with E-state index in [1.807, 2.05) is 25.1 Å². The normalized spacial score (nSPS) is 35.8. The predicted molar refractivity (Wildman–Crippen MR) is 82.2 cm³/mol. The molecular formula is C18H26NO+. The van der Waals surface area contributed by atoms with Gasteiger partial charge in [-0.3, -0.25) is 0 Å². The number of ether oxygens (including phenoxy) is 1. The van der Waals surface area contributed by atoms with Crippen molar-refractivity contribution in [1.29, 1.82) is 0 Å². The summed E-state index contributed by atoms with van der Waals surface area (Å²) in [5.41, 5.74) is 0.384. The zero-order valence-electron chi connectivity index (χ0n) is 15.3. The third-order valence-corrected chi connectivity index (χ3v) is 4.79. The molecule has 20 heavy (non-hydrogen) atoms. The largest absolute Gasteiger partial charge is 0.433 e. The Bertz CT molecular complexity index is 665. The molecule has 0 aromatic heterocycles. The van der Waals surface area contributed by atoms with E-state index >= 15 is 0 Å². The maximum atomic E-state index is 8.78. The molecule has 2 nitrogen and oxygen atoms in total. The molecule has 1 heterocycles. The van der Waals surface area contributed by atoms with E-state index in [0.717, 1.165) is 17.0 Å². The number of benzene rings is 1. The molecule has 2 heteroatoms. The van der Waals surface area contributed by atoms with Gasteiger partial charge in [-0.25, -0.2) is 0 Å². The van der Waals surface area contributed by atoms with Crippen molar-refractivity contribution in [3.8, 4) is 0 Å². The summed E-state index contributed by atoms with van der Waals surface area (Å²) in [6.07, 6.45) is -1.53. The molecule has 0 amide bonds. The minimum absolute atomic E-state index is 0.226. The highest BCUT2D eigenvalue weighted by Crippen LogP contribution is 2.52. The second-order valence-electron chi connectivity index (χ2n) is 6.83. The van der Waals surface area contributed by atoms with Crippen molar-refractivity contribution in [2.75, 3.05) is 0 Å². The third kappa shape index (κ3) is 1.48. The van der Waals surface area contributed by atoms with Crippen molar-refractivity contribution < 1.29 is 12.1 Å². The predicted octanol–water partition coefficient (Wildman–Crippen LogP) is 3.72. The van der Waals surface area contributed by atoms with Crippen molar-refractivity contribution >= 4 is 5.90 Å². The first kappa shape index (κ1) is 11.4. The summed E-state index contributed by atoms with van der Waals surface area (Å²) >= 11 is 0. The molecule has 0 bridgehead atoms. The second-order valence-corrected chi connectivity index (χ2v) is 6.83. The number of nitrogens with zero attached hydrogens (tertiary/aromatic N) is 1. The number of hydrogen-bond donors (Lipinski definition) is 0. The number of rotatable bonds is 2. The van der Waals surface area contributed by atoms with Gasteiger partial charge in [0.05, 0.1) is 5.92 Å². The summed E-state index contributed by atoms with van der Waals surface area (Å²) in [5.74, 6) is 1.13. The zero-order valence-corrected chi connectivity index (χ0v) is 13.3. The molecule has 0 fully saturated rings. The maximum Gasteiger partial charge on any atom is 0.340 e. The molecule has 108 valence electrons. The van der Waals surface area contributed by atoms with Crippen LogP contribution in [0, 0.1) is 5.92 Å².